The molecule has 25 heavy (non-hydrogen) atoms. The van der Waals surface area contributed by atoms with E-state index in [9.17, 15) is 0 Å². The summed E-state index contributed by atoms with van der Waals surface area (Å²) >= 11 is 6.04. The number of halogens is 1. The minimum atomic E-state index is 0.656. The van der Waals surface area contributed by atoms with Crippen LogP contribution in [0.15, 0.2) is 47.6 Å². The summed E-state index contributed by atoms with van der Waals surface area (Å²) in [5, 5.41) is 5.98. The van der Waals surface area contributed by atoms with E-state index in [0.717, 1.165) is 22.0 Å². The normalized spacial score (nSPS) is 11.0. The predicted octanol–water partition coefficient (Wildman–Crippen LogP) is 4.66. The molecule has 0 aliphatic carbocycles. The zero-order chi connectivity index (χ0) is 17.8. The van der Waals surface area contributed by atoms with Gasteiger partial charge in [-0.3, -0.25) is 5.43 Å². The Hall–Kier alpha value is -2.79. The van der Waals surface area contributed by atoms with Crippen LogP contribution in [0.1, 0.15) is 11.1 Å². The number of hydrogen-bond donors (Lipinski definition) is 1. The maximum Gasteiger partial charge on any atom is 0.161 e. The summed E-state index contributed by atoms with van der Waals surface area (Å²) in [5.41, 5.74) is 5.79. The average Bonchev–Trinajstić information content (AvgIpc) is 2.62. The molecule has 0 atom stereocenters. The fraction of sp³-hybridized carbons (Fsp3) is 0.158. The second-order valence-electron chi connectivity index (χ2n) is 5.47. The van der Waals surface area contributed by atoms with Crippen molar-refractivity contribution in [3.8, 4) is 11.5 Å². The summed E-state index contributed by atoms with van der Waals surface area (Å²) in [6, 6.07) is 13.2. The lowest BCUT2D eigenvalue weighted by molar-refractivity contribution is 0.355. The lowest BCUT2D eigenvalue weighted by Gasteiger charge is -2.08. The first-order valence-electron chi connectivity index (χ1n) is 7.68. The van der Waals surface area contributed by atoms with Gasteiger partial charge in [0.2, 0.25) is 0 Å². The van der Waals surface area contributed by atoms with E-state index in [1.54, 1.807) is 20.4 Å². The maximum absolute atomic E-state index is 6.04. The van der Waals surface area contributed by atoms with Gasteiger partial charge in [-0.2, -0.15) is 5.10 Å². The number of aryl methyl sites for hydroxylation is 1. The zero-order valence-electron chi connectivity index (χ0n) is 14.2. The van der Waals surface area contributed by atoms with Crippen LogP contribution in [0.25, 0.3) is 10.9 Å². The molecule has 0 spiro atoms. The highest BCUT2D eigenvalue weighted by Crippen LogP contribution is 2.27. The van der Waals surface area contributed by atoms with Crippen LogP contribution in [0, 0.1) is 6.92 Å². The smallest absolute Gasteiger partial charge is 0.161 e. The van der Waals surface area contributed by atoms with E-state index < -0.39 is 0 Å². The Balaban J connectivity index is 1.80. The van der Waals surface area contributed by atoms with E-state index in [0.29, 0.717) is 22.3 Å². The topological polar surface area (TPSA) is 55.7 Å². The molecule has 0 aliphatic heterocycles. The molecule has 0 bridgehead atoms. The molecule has 3 aromatic rings. The molecule has 128 valence electrons. The van der Waals surface area contributed by atoms with Crippen LogP contribution in [-0.2, 0) is 0 Å². The monoisotopic (exact) mass is 355 g/mol. The van der Waals surface area contributed by atoms with Gasteiger partial charge >= 0.3 is 0 Å². The quantitative estimate of drug-likeness (QED) is 0.534. The molecular weight excluding hydrogens is 338 g/mol. The Morgan fingerprint density at radius 3 is 2.60 bits per heavy atom. The summed E-state index contributed by atoms with van der Waals surface area (Å²) in [6.07, 6.45) is 1.70. The van der Waals surface area contributed by atoms with Crippen molar-refractivity contribution in [2.75, 3.05) is 19.6 Å². The van der Waals surface area contributed by atoms with Crippen LogP contribution in [0.3, 0.4) is 0 Å². The van der Waals surface area contributed by atoms with Crippen molar-refractivity contribution in [1.82, 2.24) is 4.98 Å². The average molecular weight is 356 g/mol. The van der Waals surface area contributed by atoms with E-state index in [4.69, 9.17) is 21.1 Å². The van der Waals surface area contributed by atoms with Crippen molar-refractivity contribution >= 4 is 34.5 Å². The number of rotatable bonds is 5. The molecule has 5 nitrogen and oxygen atoms in total. The van der Waals surface area contributed by atoms with Crippen molar-refractivity contribution in [3.05, 3.63) is 58.6 Å². The molecule has 0 saturated carbocycles. The minimum absolute atomic E-state index is 0.656. The van der Waals surface area contributed by atoms with E-state index >= 15 is 0 Å². The largest absolute Gasteiger partial charge is 0.493 e. The number of methoxy groups -OCH3 is 2. The molecule has 6 heteroatoms. The molecule has 3 rings (SSSR count). The molecule has 1 heterocycles. The number of ether oxygens (including phenoxy) is 2. The van der Waals surface area contributed by atoms with Crippen LogP contribution < -0.4 is 14.9 Å². The van der Waals surface area contributed by atoms with Crippen molar-refractivity contribution in [3.63, 3.8) is 0 Å². The maximum atomic E-state index is 6.04. The van der Waals surface area contributed by atoms with Gasteiger partial charge in [0.1, 0.15) is 5.82 Å². The molecule has 0 radical (unpaired) electrons. The van der Waals surface area contributed by atoms with E-state index in [1.165, 1.54) is 0 Å². The van der Waals surface area contributed by atoms with E-state index in [1.807, 2.05) is 49.4 Å². The van der Waals surface area contributed by atoms with Gasteiger partial charge in [-0.15, -0.1) is 0 Å². The number of fused-ring (bicyclic) bond motifs is 1. The van der Waals surface area contributed by atoms with Crippen molar-refractivity contribution < 1.29 is 9.47 Å². The minimum Gasteiger partial charge on any atom is -0.493 e. The van der Waals surface area contributed by atoms with Crippen LogP contribution in [0.2, 0.25) is 5.02 Å². The molecule has 1 N–H and O–H groups in total. The zero-order valence-corrected chi connectivity index (χ0v) is 15.0. The lowest BCUT2D eigenvalue weighted by Crippen LogP contribution is -1.96. The van der Waals surface area contributed by atoms with Gasteiger partial charge in [0.25, 0.3) is 0 Å². The number of benzene rings is 2. The van der Waals surface area contributed by atoms with Crippen molar-refractivity contribution in [2.24, 2.45) is 5.10 Å². The third-order valence-corrected chi connectivity index (χ3v) is 4.01. The van der Waals surface area contributed by atoms with Gasteiger partial charge in [0.15, 0.2) is 11.5 Å². The summed E-state index contributed by atoms with van der Waals surface area (Å²) in [5.74, 6) is 2.00. The molecule has 0 amide bonds. The first kappa shape index (κ1) is 17.0. The number of nitrogens with zero attached hydrogens (tertiary/aromatic N) is 2. The van der Waals surface area contributed by atoms with Gasteiger partial charge in [0.05, 0.1) is 26.0 Å². The third-order valence-electron chi connectivity index (χ3n) is 3.78. The summed E-state index contributed by atoms with van der Waals surface area (Å²) in [6.45, 7) is 2.02. The predicted molar refractivity (Wildman–Crippen MR) is 102 cm³/mol. The number of pyridine rings is 1. The number of nitrogens with one attached hydrogen (secondary N) is 1. The van der Waals surface area contributed by atoms with E-state index in [2.05, 4.69) is 15.5 Å². The van der Waals surface area contributed by atoms with Gasteiger partial charge in [-0.1, -0.05) is 11.6 Å². The van der Waals surface area contributed by atoms with Crippen LogP contribution >= 0.6 is 11.6 Å². The SMILES string of the molecule is COc1ccc(/C=N/Nc2cc(C)c3cc(Cl)ccc3n2)cc1OC. The van der Waals surface area contributed by atoms with Gasteiger partial charge < -0.3 is 9.47 Å². The number of hydrazone groups is 1. The highest BCUT2D eigenvalue weighted by atomic mass is 35.5. The molecule has 1 aromatic heterocycles. The first-order valence-corrected chi connectivity index (χ1v) is 8.06. The van der Waals surface area contributed by atoms with E-state index in [-0.39, 0.29) is 0 Å². The van der Waals surface area contributed by atoms with Crippen molar-refractivity contribution in [2.45, 2.75) is 6.92 Å². The van der Waals surface area contributed by atoms with Crippen LogP contribution in [-0.4, -0.2) is 25.4 Å². The highest BCUT2D eigenvalue weighted by Gasteiger charge is 2.04. The molecule has 2 aromatic carbocycles. The van der Waals surface area contributed by atoms with Gasteiger partial charge in [-0.25, -0.2) is 4.98 Å². The van der Waals surface area contributed by atoms with Crippen molar-refractivity contribution in [1.29, 1.82) is 0 Å². The molecule has 0 aliphatic rings. The third kappa shape index (κ3) is 3.83. The van der Waals surface area contributed by atoms with Crippen LogP contribution in [0.4, 0.5) is 5.82 Å². The number of aromatic nitrogens is 1. The number of hydrogen-bond acceptors (Lipinski definition) is 5. The van der Waals surface area contributed by atoms with Gasteiger partial charge in [0, 0.05) is 10.4 Å². The Labute approximate surface area is 151 Å². The Kier molecular flexibility index (Phi) is 5.05. The standard InChI is InChI=1S/C19H18ClN3O2/c1-12-8-19(22-16-6-5-14(20)10-15(12)16)23-21-11-13-4-7-17(24-2)18(9-13)25-3/h4-11H,1-3H3,(H,22,23)/b21-11+. The molecule has 0 fully saturated rings. The second-order valence-corrected chi connectivity index (χ2v) is 5.91. The first-order chi connectivity index (χ1) is 12.1. The Bertz CT molecular complexity index is 941. The fourth-order valence-electron chi connectivity index (χ4n) is 2.53. The van der Waals surface area contributed by atoms with Crippen LogP contribution in [0.5, 0.6) is 11.5 Å². The van der Waals surface area contributed by atoms with Gasteiger partial charge in [-0.05, 0) is 60.5 Å². The Morgan fingerprint density at radius 2 is 1.84 bits per heavy atom. The lowest BCUT2D eigenvalue weighted by atomic mass is 10.1. The summed E-state index contributed by atoms with van der Waals surface area (Å²) < 4.78 is 10.5. The highest BCUT2D eigenvalue weighted by molar-refractivity contribution is 6.31. The summed E-state index contributed by atoms with van der Waals surface area (Å²) in [7, 11) is 3.21. The Morgan fingerprint density at radius 1 is 1.04 bits per heavy atom. The molecular formula is C19H18ClN3O2. The second kappa shape index (κ2) is 7.40. The fourth-order valence-corrected chi connectivity index (χ4v) is 2.70. The molecule has 0 unspecified atom stereocenters. The number of anilines is 1. The summed E-state index contributed by atoms with van der Waals surface area (Å²) in [4.78, 5) is 4.54. The molecule has 0 saturated heterocycles.